The van der Waals surface area contributed by atoms with Crippen molar-refractivity contribution in [2.24, 2.45) is 5.92 Å². The van der Waals surface area contributed by atoms with Crippen LogP contribution in [0.3, 0.4) is 0 Å². The highest BCUT2D eigenvalue weighted by Gasteiger charge is 2.34. The molecule has 1 saturated heterocycles. The summed E-state index contributed by atoms with van der Waals surface area (Å²) in [5.74, 6) is -0.543. The third-order valence-electron chi connectivity index (χ3n) is 4.62. The van der Waals surface area contributed by atoms with Crippen LogP contribution in [-0.2, 0) is 14.8 Å². The van der Waals surface area contributed by atoms with Gasteiger partial charge < -0.3 is 5.32 Å². The Kier molecular flexibility index (Phi) is 5.02. The Morgan fingerprint density at radius 2 is 2.19 bits per heavy atom. The van der Waals surface area contributed by atoms with Crippen molar-refractivity contribution < 1.29 is 13.2 Å². The molecule has 1 aromatic carbocycles. The number of aryl methyl sites for hydroxylation is 1. The number of thiazole rings is 1. The number of carbonyl (C=O) groups is 1. The van der Waals surface area contributed by atoms with E-state index >= 15 is 0 Å². The molecular weight excluding hydrogens is 402 g/mol. The summed E-state index contributed by atoms with van der Waals surface area (Å²) in [6.45, 7) is 2.67. The Bertz CT molecular complexity index is 1070. The molecule has 9 heteroatoms. The number of nitrogens with one attached hydrogen (secondary N) is 1. The highest BCUT2D eigenvalue weighted by molar-refractivity contribution is 7.91. The van der Waals surface area contributed by atoms with E-state index in [0.717, 1.165) is 15.8 Å². The van der Waals surface area contributed by atoms with Gasteiger partial charge in [0.1, 0.15) is 4.21 Å². The fraction of sp³-hybridized carbons (Fsp3) is 0.333. The molecule has 1 aliphatic rings. The van der Waals surface area contributed by atoms with Gasteiger partial charge in [-0.05, 0) is 48.9 Å². The van der Waals surface area contributed by atoms with Gasteiger partial charge in [-0.25, -0.2) is 13.4 Å². The summed E-state index contributed by atoms with van der Waals surface area (Å²) in [5, 5.41) is 5.18. The van der Waals surface area contributed by atoms with Gasteiger partial charge in [0.05, 0.1) is 16.1 Å². The number of hydrogen-bond acceptors (Lipinski definition) is 6. The van der Waals surface area contributed by atoms with Gasteiger partial charge in [-0.15, -0.1) is 11.3 Å². The van der Waals surface area contributed by atoms with E-state index in [4.69, 9.17) is 0 Å². The van der Waals surface area contributed by atoms with Crippen molar-refractivity contribution in [1.82, 2.24) is 9.29 Å². The van der Waals surface area contributed by atoms with Crippen molar-refractivity contribution in [2.45, 2.75) is 24.0 Å². The van der Waals surface area contributed by atoms with E-state index in [-0.39, 0.29) is 18.4 Å². The maximum absolute atomic E-state index is 12.7. The largest absolute Gasteiger partial charge is 0.302 e. The molecule has 2 aromatic heterocycles. The van der Waals surface area contributed by atoms with Gasteiger partial charge in [-0.1, -0.05) is 23.5 Å². The molecule has 0 saturated carbocycles. The Balaban J connectivity index is 1.48. The SMILES string of the molecule is Cc1ccc2nc(NC(=O)[C@H]3CCCN(S(=O)(=O)c4cccs4)C3)sc2c1. The van der Waals surface area contributed by atoms with Gasteiger partial charge in [-0.3, -0.25) is 4.79 Å². The molecule has 1 amide bonds. The second-order valence-corrected chi connectivity index (χ2v) is 10.8. The zero-order valence-electron chi connectivity index (χ0n) is 14.7. The fourth-order valence-corrected chi connectivity index (χ4v) is 6.84. The number of thiophene rings is 1. The molecule has 4 rings (SSSR count). The van der Waals surface area contributed by atoms with Crippen molar-refractivity contribution >= 4 is 54.0 Å². The first-order valence-corrected chi connectivity index (χ1v) is 11.8. The molecule has 0 aliphatic carbocycles. The lowest BCUT2D eigenvalue weighted by Gasteiger charge is -2.30. The number of hydrogen-bond donors (Lipinski definition) is 1. The van der Waals surface area contributed by atoms with Crippen LogP contribution < -0.4 is 5.32 Å². The maximum atomic E-state index is 12.7. The van der Waals surface area contributed by atoms with Crippen molar-refractivity contribution in [3.63, 3.8) is 0 Å². The second-order valence-electron chi connectivity index (χ2n) is 6.61. The topological polar surface area (TPSA) is 79.4 Å². The van der Waals surface area contributed by atoms with Gasteiger partial charge in [0.25, 0.3) is 10.0 Å². The average molecular weight is 422 g/mol. The highest BCUT2D eigenvalue weighted by atomic mass is 32.2. The molecule has 1 aliphatic heterocycles. The van der Waals surface area contributed by atoms with Gasteiger partial charge in [0.2, 0.25) is 5.91 Å². The maximum Gasteiger partial charge on any atom is 0.252 e. The first-order valence-electron chi connectivity index (χ1n) is 8.65. The van der Waals surface area contributed by atoms with Gasteiger partial charge >= 0.3 is 0 Å². The Labute approximate surface area is 165 Å². The molecule has 0 bridgehead atoms. The van der Waals surface area contributed by atoms with E-state index in [2.05, 4.69) is 10.3 Å². The molecule has 1 atom stereocenters. The van der Waals surface area contributed by atoms with Gasteiger partial charge in [0.15, 0.2) is 5.13 Å². The Hall–Kier alpha value is -1.81. The number of aromatic nitrogens is 1. The zero-order valence-corrected chi connectivity index (χ0v) is 17.2. The summed E-state index contributed by atoms with van der Waals surface area (Å²) in [4.78, 5) is 17.2. The molecule has 142 valence electrons. The fourth-order valence-electron chi connectivity index (χ4n) is 3.20. The number of sulfonamides is 1. The highest BCUT2D eigenvalue weighted by Crippen LogP contribution is 2.29. The lowest BCUT2D eigenvalue weighted by atomic mass is 9.99. The molecule has 1 fully saturated rings. The predicted octanol–water partition coefficient (Wildman–Crippen LogP) is 3.71. The number of piperidine rings is 1. The normalized spacial score (nSPS) is 18.6. The van der Waals surface area contributed by atoms with Crippen molar-refractivity contribution in [1.29, 1.82) is 0 Å². The van der Waals surface area contributed by atoms with Crippen LogP contribution in [0.1, 0.15) is 18.4 Å². The minimum Gasteiger partial charge on any atom is -0.302 e. The molecule has 0 unspecified atom stereocenters. The number of fused-ring (bicyclic) bond motifs is 1. The van der Waals surface area contributed by atoms with Crippen LogP contribution in [0.15, 0.2) is 39.9 Å². The van der Waals surface area contributed by atoms with Crippen molar-refractivity contribution in [2.75, 3.05) is 18.4 Å². The number of amides is 1. The second kappa shape index (κ2) is 7.31. The summed E-state index contributed by atoms with van der Waals surface area (Å²) >= 11 is 2.64. The first kappa shape index (κ1) is 18.5. The van der Waals surface area contributed by atoms with Crippen LogP contribution in [0.2, 0.25) is 0 Å². The van der Waals surface area contributed by atoms with E-state index in [1.165, 1.54) is 27.0 Å². The number of rotatable bonds is 4. The summed E-state index contributed by atoms with van der Waals surface area (Å²) in [7, 11) is -3.52. The molecule has 0 radical (unpaired) electrons. The molecule has 3 aromatic rings. The number of benzene rings is 1. The third-order valence-corrected chi connectivity index (χ3v) is 8.79. The minimum absolute atomic E-state index is 0.170. The van der Waals surface area contributed by atoms with Crippen molar-refractivity contribution in [3.05, 3.63) is 41.3 Å². The first-order chi connectivity index (χ1) is 12.9. The molecule has 27 heavy (non-hydrogen) atoms. The smallest absolute Gasteiger partial charge is 0.252 e. The average Bonchev–Trinajstić information content (AvgIpc) is 3.31. The standard InChI is InChI=1S/C18H19N3O3S3/c1-12-6-7-14-15(10-12)26-18(19-14)20-17(22)13-4-2-8-21(11-13)27(23,24)16-5-3-9-25-16/h3,5-7,9-10,13H,2,4,8,11H2,1H3,(H,19,20,22)/t13-/m0/s1. The van der Waals surface area contributed by atoms with Crippen LogP contribution in [0.4, 0.5) is 5.13 Å². The number of anilines is 1. The van der Waals surface area contributed by atoms with Crippen LogP contribution in [0.25, 0.3) is 10.2 Å². The molecular formula is C18H19N3O3S3. The summed E-state index contributed by atoms with van der Waals surface area (Å²) < 4.78 is 28.2. The van der Waals surface area contributed by atoms with E-state index in [0.29, 0.717) is 28.7 Å². The molecule has 6 nitrogen and oxygen atoms in total. The third kappa shape index (κ3) is 3.77. The summed E-state index contributed by atoms with van der Waals surface area (Å²) in [5.41, 5.74) is 2.00. The number of carbonyl (C=O) groups excluding carboxylic acids is 1. The molecule has 3 heterocycles. The Morgan fingerprint density at radius 1 is 1.33 bits per heavy atom. The Morgan fingerprint density at radius 3 is 2.96 bits per heavy atom. The zero-order chi connectivity index (χ0) is 19.0. The van der Waals surface area contributed by atoms with E-state index in [1.807, 2.05) is 25.1 Å². The summed E-state index contributed by atoms with van der Waals surface area (Å²) in [6, 6.07) is 9.29. The minimum atomic E-state index is -3.52. The van der Waals surface area contributed by atoms with Crippen LogP contribution in [-0.4, -0.2) is 36.7 Å². The molecule has 0 spiro atoms. The summed E-state index contributed by atoms with van der Waals surface area (Å²) in [6.07, 6.45) is 1.34. The van der Waals surface area contributed by atoms with Crippen LogP contribution in [0.5, 0.6) is 0 Å². The number of nitrogens with zero attached hydrogens (tertiary/aromatic N) is 2. The van der Waals surface area contributed by atoms with E-state index < -0.39 is 10.0 Å². The van der Waals surface area contributed by atoms with Crippen LogP contribution >= 0.6 is 22.7 Å². The lowest BCUT2D eigenvalue weighted by Crippen LogP contribution is -2.43. The van der Waals surface area contributed by atoms with E-state index in [1.54, 1.807) is 17.5 Å². The quantitative estimate of drug-likeness (QED) is 0.697. The van der Waals surface area contributed by atoms with Gasteiger partial charge in [0, 0.05) is 13.1 Å². The van der Waals surface area contributed by atoms with E-state index in [9.17, 15) is 13.2 Å². The molecule has 1 N–H and O–H groups in total. The van der Waals surface area contributed by atoms with Crippen LogP contribution in [0, 0.1) is 12.8 Å². The van der Waals surface area contributed by atoms with Crippen molar-refractivity contribution in [3.8, 4) is 0 Å². The van der Waals surface area contributed by atoms with Gasteiger partial charge in [-0.2, -0.15) is 4.31 Å². The monoisotopic (exact) mass is 421 g/mol. The predicted molar refractivity (Wildman–Crippen MR) is 109 cm³/mol. The lowest BCUT2D eigenvalue weighted by molar-refractivity contribution is -0.120.